The van der Waals surface area contributed by atoms with Crippen molar-refractivity contribution in [2.24, 2.45) is 5.73 Å². The number of benzene rings is 1. The molecule has 0 atom stereocenters. The maximum atomic E-state index is 5.73. The van der Waals surface area contributed by atoms with E-state index in [0.717, 1.165) is 21.9 Å². The van der Waals surface area contributed by atoms with Crippen LogP contribution in [0.3, 0.4) is 0 Å². The first-order valence-electron chi connectivity index (χ1n) is 5.35. The highest BCUT2D eigenvalue weighted by Crippen LogP contribution is 2.25. The molecule has 2 rings (SSSR count). The first-order chi connectivity index (χ1) is 8.33. The molecule has 17 heavy (non-hydrogen) atoms. The predicted octanol–water partition coefficient (Wildman–Crippen LogP) is 2.79. The molecular formula is C13H15NO2S. The number of hydrogen-bond donors (Lipinski definition) is 1. The van der Waals surface area contributed by atoms with Gasteiger partial charge in [0.25, 0.3) is 0 Å². The lowest BCUT2D eigenvalue weighted by molar-refractivity contribution is 0.304. The van der Waals surface area contributed by atoms with Crippen LogP contribution < -0.4 is 15.2 Å². The Balaban J connectivity index is 2.02. The van der Waals surface area contributed by atoms with Crippen LogP contribution in [0.25, 0.3) is 0 Å². The van der Waals surface area contributed by atoms with Crippen LogP contribution in [0.5, 0.6) is 11.5 Å². The third-order valence-electron chi connectivity index (χ3n) is 2.42. The van der Waals surface area contributed by atoms with E-state index in [0.29, 0.717) is 13.2 Å². The van der Waals surface area contributed by atoms with E-state index in [1.54, 1.807) is 18.4 Å². The minimum atomic E-state index is 0.519. The minimum Gasteiger partial charge on any atom is -0.497 e. The molecule has 0 radical (unpaired) electrons. The van der Waals surface area contributed by atoms with Gasteiger partial charge in [-0.25, -0.2) is 0 Å². The van der Waals surface area contributed by atoms with Crippen LogP contribution >= 0.6 is 11.3 Å². The quantitative estimate of drug-likeness (QED) is 0.886. The van der Waals surface area contributed by atoms with Gasteiger partial charge in [-0.1, -0.05) is 12.1 Å². The second-order valence-electron chi connectivity index (χ2n) is 3.55. The van der Waals surface area contributed by atoms with Gasteiger partial charge in [-0.2, -0.15) is 0 Å². The highest BCUT2D eigenvalue weighted by molar-refractivity contribution is 7.10. The van der Waals surface area contributed by atoms with E-state index in [-0.39, 0.29) is 0 Å². The van der Waals surface area contributed by atoms with Crippen molar-refractivity contribution in [3.8, 4) is 11.5 Å². The Labute approximate surface area is 105 Å². The Hall–Kier alpha value is -1.52. The van der Waals surface area contributed by atoms with E-state index in [1.165, 1.54) is 0 Å². The van der Waals surface area contributed by atoms with Crippen LogP contribution in [-0.4, -0.2) is 7.11 Å². The predicted molar refractivity (Wildman–Crippen MR) is 69.5 cm³/mol. The summed E-state index contributed by atoms with van der Waals surface area (Å²) < 4.78 is 10.9. The summed E-state index contributed by atoms with van der Waals surface area (Å²) in [6.07, 6.45) is 0. The normalized spacial score (nSPS) is 10.2. The molecule has 2 aromatic rings. The molecule has 0 saturated carbocycles. The largest absolute Gasteiger partial charge is 0.497 e. The Morgan fingerprint density at radius 2 is 2.18 bits per heavy atom. The Morgan fingerprint density at radius 3 is 2.94 bits per heavy atom. The van der Waals surface area contributed by atoms with Gasteiger partial charge in [-0.05, 0) is 29.1 Å². The first kappa shape index (κ1) is 12.0. The third kappa shape index (κ3) is 2.99. The average molecular weight is 249 g/mol. The maximum Gasteiger partial charge on any atom is 0.134 e. The molecule has 1 heterocycles. The summed E-state index contributed by atoms with van der Waals surface area (Å²) >= 11 is 1.62. The van der Waals surface area contributed by atoms with Gasteiger partial charge in [0.2, 0.25) is 0 Å². The Bertz CT molecular complexity index is 482. The van der Waals surface area contributed by atoms with E-state index in [1.807, 2.05) is 35.7 Å². The van der Waals surface area contributed by atoms with Gasteiger partial charge in [0.05, 0.1) is 12.0 Å². The molecule has 0 aliphatic rings. The van der Waals surface area contributed by atoms with Crippen LogP contribution in [0.15, 0.2) is 35.7 Å². The lowest BCUT2D eigenvalue weighted by Crippen LogP contribution is -1.99. The highest BCUT2D eigenvalue weighted by Gasteiger charge is 2.04. The van der Waals surface area contributed by atoms with Gasteiger partial charge in [-0.15, -0.1) is 11.3 Å². The molecule has 1 aromatic heterocycles. The molecule has 0 bridgehead atoms. The number of ether oxygens (including phenoxy) is 2. The third-order valence-corrected chi connectivity index (χ3v) is 3.34. The molecule has 0 fully saturated rings. The van der Waals surface area contributed by atoms with Crippen molar-refractivity contribution in [1.82, 2.24) is 0 Å². The van der Waals surface area contributed by atoms with E-state index < -0.39 is 0 Å². The summed E-state index contributed by atoms with van der Waals surface area (Å²) in [6.45, 7) is 1.05. The monoisotopic (exact) mass is 249 g/mol. The van der Waals surface area contributed by atoms with Crippen LogP contribution in [0.2, 0.25) is 0 Å². The van der Waals surface area contributed by atoms with Crippen LogP contribution in [0.4, 0.5) is 0 Å². The second kappa shape index (κ2) is 5.70. The minimum absolute atomic E-state index is 0.519. The van der Waals surface area contributed by atoms with Gasteiger partial charge in [0.15, 0.2) is 0 Å². The fourth-order valence-electron chi connectivity index (χ4n) is 1.53. The highest BCUT2D eigenvalue weighted by atomic mass is 32.1. The topological polar surface area (TPSA) is 44.5 Å². The summed E-state index contributed by atoms with van der Waals surface area (Å²) in [5.74, 6) is 1.72. The van der Waals surface area contributed by atoms with Crippen molar-refractivity contribution < 1.29 is 9.47 Å². The number of methoxy groups -OCH3 is 1. The summed E-state index contributed by atoms with van der Waals surface area (Å²) in [7, 11) is 1.66. The number of hydrogen-bond acceptors (Lipinski definition) is 4. The van der Waals surface area contributed by atoms with Gasteiger partial charge in [0.1, 0.15) is 18.1 Å². The van der Waals surface area contributed by atoms with Crippen LogP contribution in [0.1, 0.15) is 10.4 Å². The zero-order valence-corrected chi connectivity index (χ0v) is 10.5. The van der Waals surface area contributed by atoms with Crippen molar-refractivity contribution >= 4 is 11.3 Å². The van der Waals surface area contributed by atoms with Crippen molar-refractivity contribution in [1.29, 1.82) is 0 Å². The molecule has 0 unspecified atom stereocenters. The van der Waals surface area contributed by atoms with E-state index in [9.17, 15) is 0 Å². The summed E-state index contributed by atoms with van der Waals surface area (Å²) in [5, 5.41) is 1.99. The molecule has 4 heteroatoms. The Morgan fingerprint density at radius 1 is 1.29 bits per heavy atom. The molecule has 2 N–H and O–H groups in total. The molecular weight excluding hydrogens is 234 g/mol. The summed E-state index contributed by atoms with van der Waals surface area (Å²) in [4.78, 5) is 1.08. The van der Waals surface area contributed by atoms with Crippen molar-refractivity contribution in [3.63, 3.8) is 0 Å². The standard InChI is InChI=1S/C13H15NO2S/c1-15-11-4-2-3-10(7-11)9-16-12-5-6-17-13(12)8-14/h2-7H,8-9,14H2,1H3. The van der Waals surface area contributed by atoms with E-state index in [2.05, 4.69) is 0 Å². The molecule has 0 saturated heterocycles. The lowest BCUT2D eigenvalue weighted by Gasteiger charge is -2.07. The van der Waals surface area contributed by atoms with Crippen molar-refractivity contribution in [2.45, 2.75) is 13.2 Å². The summed E-state index contributed by atoms with van der Waals surface area (Å²) in [5.41, 5.74) is 6.70. The molecule has 0 aliphatic carbocycles. The van der Waals surface area contributed by atoms with E-state index in [4.69, 9.17) is 15.2 Å². The molecule has 90 valence electrons. The maximum absolute atomic E-state index is 5.73. The van der Waals surface area contributed by atoms with Crippen molar-refractivity contribution in [3.05, 3.63) is 46.2 Å². The number of thiophene rings is 1. The second-order valence-corrected chi connectivity index (χ2v) is 4.55. The average Bonchev–Trinajstić information content (AvgIpc) is 2.84. The zero-order chi connectivity index (χ0) is 12.1. The fraction of sp³-hybridized carbons (Fsp3) is 0.231. The number of rotatable bonds is 5. The molecule has 0 aliphatic heterocycles. The smallest absolute Gasteiger partial charge is 0.134 e. The van der Waals surface area contributed by atoms with Crippen LogP contribution in [-0.2, 0) is 13.2 Å². The number of nitrogens with two attached hydrogens (primary N) is 1. The zero-order valence-electron chi connectivity index (χ0n) is 9.68. The first-order valence-corrected chi connectivity index (χ1v) is 6.23. The molecule has 0 spiro atoms. The molecule has 0 amide bonds. The lowest BCUT2D eigenvalue weighted by atomic mass is 10.2. The fourth-order valence-corrected chi connectivity index (χ4v) is 2.22. The van der Waals surface area contributed by atoms with Gasteiger partial charge in [-0.3, -0.25) is 0 Å². The SMILES string of the molecule is COc1cccc(COc2ccsc2CN)c1. The van der Waals surface area contributed by atoms with Crippen LogP contribution in [0, 0.1) is 0 Å². The summed E-state index contributed by atoms with van der Waals surface area (Å²) in [6, 6.07) is 9.80. The van der Waals surface area contributed by atoms with Gasteiger partial charge in [0, 0.05) is 6.54 Å². The molecule has 3 nitrogen and oxygen atoms in total. The molecule has 1 aromatic carbocycles. The van der Waals surface area contributed by atoms with Gasteiger partial charge < -0.3 is 15.2 Å². The Kier molecular flexibility index (Phi) is 4.01. The van der Waals surface area contributed by atoms with Crippen molar-refractivity contribution in [2.75, 3.05) is 7.11 Å². The van der Waals surface area contributed by atoms with E-state index >= 15 is 0 Å². The van der Waals surface area contributed by atoms with Gasteiger partial charge >= 0.3 is 0 Å².